The van der Waals surface area contributed by atoms with Crippen LogP contribution in [0.1, 0.15) is 21.9 Å². The summed E-state index contributed by atoms with van der Waals surface area (Å²) in [5, 5.41) is 11.2. The second kappa shape index (κ2) is 8.79. The van der Waals surface area contributed by atoms with Crippen molar-refractivity contribution in [2.75, 3.05) is 0 Å². The van der Waals surface area contributed by atoms with Crippen molar-refractivity contribution in [1.29, 1.82) is 0 Å². The molecule has 1 atom stereocenters. The zero-order chi connectivity index (χ0) is 19.4. The molecule has 0 bridgehead atoms. The molecule has 0 aliphatic rings. The number of halogens is 2. The number of benzene rings is 2. The predicted molar refractivity (Wildman–Crippen MR) is 109 cm³/mol. The van der Waals surface area contributed by atoms with Gasteiger partial charge in [-0.25, -0.2) is 0 Å². The van der Waals surface area contributed by atoms with E-state index < -0.39 is 5.25 Å². The Bertz CT molecular complexity index is 940. The monoisotopic (exact) mass is 418 g/mol. The Labute approximate surface area is 172 Å². The fourth-order valence-electron chi connectivity index (χ4n) is 2.70. The highest BCUT2D eigenvalue weighted by atomic mass is 35.5. The van der Waals surface area contributed by atoms with Gasteiger partial charge in [-0.1, -0.05) is 53.0 Å². The molecule has 1 N–H and O–H groups in total. The van der Waals surface area contributed by atoms with Crippen LogP contribution in [0, 0.1) is 6.92 Å². The molecule has 138 valence electrons. The van der Waals surface area contributed by atoms with Crippen LogP contribution in [-0.2, 0) is 11.2 Å². The first-order valence-electron chi connectivity index (χ1n) is 8.33. The molecule has 1 unspecified atom stereocenters. The predicted octanol–water partition coefficient (Wildman–Crippen LogP) is 5.47. The average molecular weight is 419 g/mol. The van der Waals surface area contributed by atoms with Crippen molar-refractivity contribution in [3.63, 3.8) is 0 Å². The highest BCUT2D eigenvalue weighted by Gasteiger charge is 2.26. The van der Waals surface area contributed by atoms with Gasteiger partial charge in [0, 0.05) is 33.3 Å². The number of Topliss-reactive ketones (excluding diaryl/α,β-unsaturated/α-hetero) is 1. The second-order valence-corrected chi connectivity index (χ2v) is 8.21. The average Bonchev–Trinajstić information content (AvgIpc) is 2.61. The van der Waals surface area contributed by atoms with E-state index in [1.165, 1.54) is 18.0 Å². The molecule has 3 rings (SSSR count). The molecule has 1 aromatic heterocycles. The van der Waals surface area contributed by atoms with Crippen molar-refractivity contribution in [2.24, 2.45) is 0 Å². The number of pyridine rings is 1. The van der Waals surface area contributed by atoms with Gasteiger partial charge in [-0.2, -0.15) is 0 Å². The zero-order valence-corrected chi connectivity index (χ0v) is 16.9. The van der Waals surface area contributed by atoms with Crippen LogP contribution >= 0.6 is 35.0 Å². The minimum atomic E-state index is -0.468. The van der Waals surface area contributed by atoms with E-state index in [0.29, 0.717) is 15.1 Å². The summed E-state index contributed by atoms with van der Waals surface area (Å²) >= 11 is 13.4. The van der Waals surface area contributed by atoms with E-state index in [2.05, 4.69) is 0 Å². The third-order valence-corrected chi connectivity index (χ3v) is 5.79. The van der Waals surface area contributed by atoms with Crippen molar-refractivity contribution in [1.82, 2.24) is 0 Å². The largest absolute Gasteiger partial charge is 0.298 e. The van der Waals surface area contributed by atoms with Gasteiger partial charge in [-0.15, -0.1) is 0 Å². The summed E-state index contributed by atoms with van der Waals surface area (Å²) in [6.45, 7) is 2.00. The van der Waals surface area contributed by atoms with Crippen molar-refractivity contribution in [3.05, 3.63) is 93.6 Å². The van der Waals surface area contributed by atoms with Crippen LogP contribution in [0.5, 0.6) is 0 Å². The Morgan fingerprint density at radius 2 is 1.74 bits per heavy atom. The van der Waals surface area contributed by atoms with Gasteiger partial charge in [-0.05, 0) is 54.1 Å². The first-order chi connectivity index (χ1) is 12.9. The van der Waals surface area contributed by atoms with Crippen molar-refractivity contribution >= 4 is 40.7 Å². The maximum absolute atomic E-state index is 13.1. The van der Waals surface area contributed by atoms with Crippen LogP contribution in [0.4, 0.5) is 0 Å². The normalized spacial score (nSPS) is 12.0. The number of aromatic nitrogens is 1. The number of nitrogens with zero attached hydrogens (tertiary/aromatic N) is 1. The smallest absolute Gasteiger partial charge is 0.292 e. The molecule has 0 amide bonds. The number of ketones is 1. The van der Waals surface area contributed by atoms with Crippen LogP contribution in [0.25, 0.3) is 0 Å². The Hall–Kier alpha value is -2.01. The summed E-state index contributed by atoms with van der Waals surface area (Å²) in [5.74, 6) is 0.00559. The third-order valence-electron chi connectivity index (χ3n) is 4.01. The highest BCUT2D eigenvalue weighted by molar-refractivity contribution is 8.00. The lowest BCUT2D eigenvalue weighted by Gasteiger charge is -2.15. The van der Waals surface area contributed by atoms with Gasteiger partial charge in [0.1, 0.15) is 0 Å². The van der Waals surface area contributed by atoms with Crippen LogP contribution in [0.15, 0.2) is 71.9 Å². The van der Waals surface area contributed by atoms with E-state index in [-0.39, 0.29) is 12.2 Å². The van der Waals surface area contributed by atoms with Gasteiger partial charge < -0.3 is 0 Å². The van der Waals surface area contributed by atoms with Crippen LogP contribution in [0.3, 0.4) is 0 Å². The van der Waals surface area contributed by atoms with E-state index in [1.807, 2.05) is 37.3 Å². The molecule has 3 aromatic rings. The highest BCUT2D eigenvalue weighted by Crippen LogP contribution is 2.35. The van der Waals surface area contributed by atoms with Crippen LogP contribution in [0.2, 0.25) is 10.0 Å². The summed E-state index contributed by atoms with van der Waals surface area (Å²) in [5.41, 5.74) is 2.77. The van der Waals surface area contributed by atoms with E-state index in [0.717, 1.165) is 21.4 Å². The molecule has 0 aliphatic heterocycles. The summed E-state index contributed by atoms with van der Waals surface area (Å²) in [7, 11) is 0. The number of carbonyl (C=O) groups is 1. The summed E-state index contributed by atoms with van der Waals surface area (Å²) in [6.07, 6.45) is 1.74. The molecule has 0 radical (unpaired) electrons. The SMILES string of the molecule is Cc1ccc(C(Sc2cccc[n+]2O)C(=O)Cc2cc(Cl)cc(Cl)c2)cc1. The lowest BCUT2D eigenvalue weighted by Crippen LogP contribution is -2.32. The molecule has 0 spiro atoms. The first-order valence-corrected chi connectivity index (χ1v) is 9.97. The molecular weight excluding hydrogens is 401 g/mol. The minimum Gasteiger partial charge on any atom is -0.298 e. The summed E-state index contributed by atoms with van der Waals surface area (Å²) < 4.78 is 1.02. The first kappa shape index (κ1) is 19.7. The lowest BCUT2D eigenvalue weighted by atomic mass is 10.0. The third kappa shape index (κ3) is 5.25. The lowest BCUT2D eigenvalue weighted by molar-refractivity contribution is -0.932. The van der Waals surface area contributed by atoms with Crippen molar-refractivity contribution < 1.29 is 14.7 Å². The zero-order valence-electron chi connectivity index (χ0n) is 14.6. The molecule has 27 heavy (non-hydrogen) atoms. The van der Waals surface area contributed by atoms with Crippen molar-refractivity contribution in [2.45, 2.75) is 23.6 Å². The van der Waals surface area contributed by atoms with E-state index in [1.54, 1.807) is 30.3 Å². The van der Waals surface area contributed by atoms with Gasteiger partial charge in [0.15, 0.2) is 5.78 Å². The molecule has 0 saturated carbocycles. The van der Waals surface area contributed by atoms with Gasteiger partial charge >= 0.3 is 0 Å². The number of thioether (sulfide) groups is 1. The summed E-state index contributed by atoms with van der Waals surface area (Å²) in [6, 6.07) is 18.3. The molecule has 2 aromatic carbocycles. The fourth-order valence-corrected chi connectivity index (χ4v) is 4.35. The minimum absolute atomic E-state index is 0.00559. The Kier molecular flexibility index (Phi) is 6.42. The molecule has 6 heteroatoms. The van der Waals surface area contributed by atoms with Gasteiger partial charge in [0.25, 0.3) is 5.03 Å². The van der Waals surface area contributed by atoms with Gasteiger partial charge in [0.2, 0.25) is 6.20 Å². The van der Waals surface area contributed by atoms with Crippen LogP contribution in [-0.4, -0.2) is 11.0 Å². The Balaban J connectivity index is 1.91. The quantitative estimate of drug-likeness (QED) is 0.327. The van der Waals surface area contributed by atoms with E-state index >= 15 is 0 Å². The topological polar surface area (TPSA) is 41.2 Å². The molecule has 0 saturated heterocycles. The Morgan fingerprint density at radius 1 is 1.07 bits per heavy atom. The Morgan fingerprint density at radius 3 is 2.37 bits per heavy atom. The molecular formula is C21H18Cl2NO2S+. The number of rotatable bonds is 6. The van der Waals surface area contributed by atoms with Gasteiger partial charge in [0.05, 0.1) is 5.25 Å². The standard InChI is InChI=1S/C21H18Cl2NO2S/c1-14-5-7-16(8-6-14)21(27-20-4-2-3-9-24(20)26)19(25)12-15-10-17(22)13-18(23)11-15/h2-11,13,21,26H,12H2,1H3/q+1. The number of hydrogen-bond donors (Lipinski definition) is 1. The van der Waals surface area contributed by atoms with Gasteiger partial charge in [-0.3, -0.25) is 10.0 Å². The maximum Gasteiger partial charge on any atom is 0.292 e. The molecule has 0 fully saturated rings. The van der Waals surface area contributed by atoms with Crippen molar-refractivity contribution in [3.8, 4) is 0 Å². The number of carbonyl (C=O) groups excluding carboxylic acids is 1. The molecule has 3 nitrogen and oxygen atoms in total. The van der Waals surface area contributed by atoms with Crippen LogP contribution < -0.4 is 4.73 Å². The second-order valence-electron chi connectivity index (χ2n) is 6.21. The summed E-state index contributed by atoms with van der Waals surface area (Å²) in [4.78, 5) is 13.1. The van der Waals surface area contributed by atoms with E-state index in [9.17, 15) is 10.0 Å². The number of hydrogen-bond acceptors (Lipinski definition) is 3. The molecule has 0 aliphatic carbocycles. The fraction of sp³-hybridized carbons (Fsp3) is 0.143. The maximum atomic E-state index is 13.1. The number of aryl methyl sites for hydroxylation is 1. The van der Waals surface area contributed by atoms with E-state index in [4.69, 9.17) is 23.2 Å². The molecule has 1 heterocycles.